The number of benzene rings is 1. The molecule has 0 aliphatic carbocycles. The van der Waals surface area contributed by atoms with Gasteiger partial charge >= 0.3 is 11.7 Å². The lowest BCUT2D eigenvalue weighted by molar-refractivity contribution is -0.384. The molecule has 1 unspecified atom stereocenters. The second-order valence-electron chi connectivity index (χ2n) is 13.7. The molecule has 5 aromatic rings. The molecular formula is C37H42BrFN8O8. The summed E-state index contributed by atoms with van der Waals surface area (Å²) in [5.74, 6) is 0.584. The van der Waals surface area contributed by atoms with Crippen molar-refractivity contribution in [2.75, 3.05) is 32.2 Å². The van der Waals surface area contributed by atoms with Gasteiger partial charge in [-0.3, -0.25) is 19.7 Å². The van der Waals surface area contributed by atoms with Crippen LogP contribution in [0.4, 0.5) is 15.9 Å². The van der Waals surface area contributed by atoms with E-state index >= 15 is 0 Å². The number of hydrogen-bond donors (Lipinski definition) is 2. The van der Waals surface area contributed by atoms with Crippen LogP contribution in [-0.2, 0) is 38.4 Å². The molecule has 0 saturated carbocycles. The monoisotopic (exact) mass is 824 g/mol. The zero-order chi connectivity index (χ0) is 39.9. The Morgan fingerprint density at radius 2 is 1.93 bits per heavy atom. The molecule has 0 spiro atoms. The second kappa shape index (κ2) is 17.8. The fourth-order valence-electron chi connectivity index (χ4n) is 5.87. The third kappa shape index (κ3) is 10.8. The number of esters is 1. The number of nitro groups is 1. The van der Waals surface area contributed by atoms with Crippen molar-refractivity contribution in [3.63, 3.8) is 0 Å². The first-order valence-corrected chi connectivity index (χ1v) is 18.1. The van der Waals surface area contributed by atoms with Gasteiger partial charge in [0.1, 0.15) is 35.8 Å². The number of rotatable bonds is 12. The number of anilines is 1. The van der Waals surface area contributed by atoms with E-state index in [0.717, 1.165) is 28.8 Å². The van der Waals surface area contributed by atoms with Crippen molar-refractivity contribution in [1.29, 1.82) is 0 Å². The summed E-state index contributed by atoms with van der Waals surface area (Å²) < 4.78 is 37.3. The van der Waals surface area contributed by atoms with Crippen LogP contribution >= 0.6 is 15.9 Å². The maximum absolute atomic E-state index is 14.2. The summed E-state index contributed by atoms with van der Waals surface area (Å²) in [5.41, 5.74) is 3.78. The third-order valence-corrected chi connectivity index (χ3v) is 8.72. The van der Waals surface area contributed by atoms with Gasteiger partial charge in [-0.15, -0.1) is 0 Å². The molecule has 55 heavy (non-hydrogen) atoms. The van der Waals surface area contributed by atoms with Crippen LogP contribution in [0.5, 0.6) is 5.75 Å². The number of nitrogens with one attached hydrogen (secondary N) is 2. The Labute approximate surface area is 324 Å². The number of aryl methyl sites for hydroxylation is 4. The molecule has 0 bridgehead atoms. The molecule has 1 atom stereocenters. The molecular weight excluding hydrogens is 783 g/mol. The van der Waals surface area contributed by atoms with Gasteiger partial charge in [-0.2, -0.15) is 0 Å². The average Bonchev–Trinajstić information content (AvgIpc) is 3.85. The molecule has 0 radical (unpaired) electrons. The van der Waals surface area contributed by atoms with Crippen LogP contribution in [0.1, 0.15) is 50.0 Å². The Morgan fingerprint density at radius 3 is 2.56 bits per heavy atom. The maximum Gasteiger partial charge on any atom is 0.325 e. The van der Waals surface area contributed by atoms with E-state index in [1.165, 1.54) is 25.4 Å². The first-order chi connectivity index (χ1) is 26.1. The summed E-state index contributed by atoms with van der Waals surface area (Å²) >= 11 is 3.10. The lowest BCUT2D eigenvalue weighted by Gasteiger charge is -2.19. The predicted octanol–water partition coefficient (Wildman–Crippen LogP) is 6.05. The largest absolute Gasteiger partial charge is 0.494 e. The third-order valence-electron chi connectivity index (χ3n) is 8.29. The van der Waals surface area contributed by atoms with E-state index in [1.807, 2.05) is 30.5 Å². The van der Waals surface area contributed by atoms with Crippen LogP contribution in [0.2, 0.25) is 0 Å². The zero-order valence-corrected chi connectivity index (χ0v) is 32.9. The van der Waals surface area contributed by atoms with Crippen LogP contribution in [0.3, 0.4) is 0 Å². The Hall–Kier alpha value is -5.49. The van der Waals surface area contributed by atoms with Gasteiger partial charge in [0.15, 0.2) is 17.2 Å². The lowest BCUT2D eigenvalue weighted by Crippen LogP contribution is -2.37. The average molecular weight is 826 g/mol. The quantitative estimate of drug-likeness (QED) is 0.0839. The summed E-state index contributed by atoms with van der Waals surface area (Å²) in [6.45, 7) is 10.0. The molecule has 1 aliphatic rings. The second-order valence-corrected chi connectivity index (χ2v) is 14.6. The van der Waals surface area contributed by atoms with E-state index in [4.69, 9.17) is 23.7 Å². The van der Waals surface area contributed by atoms with Gasteiger partial charge < -0.3 is 33.9 Å². The molecule has 1 aliphatic heterocycles. The number of methoxy groups -OCH3 is 1. The molecule has 1 aromatic carbocycles. The highest BCUT2D eigenvalue weighted by Gasteiger charge is 2.23. The van der Waals surface area contributed by atoms with Crippen molar-refractivity contribution in [2.45, 2.75) is 72.1 Å². The first-order valence-electron chi connectivity index (χ1n) is 17.4. The topological polar surface area (TPSA) is 199 Å². The predicted molar refractivity (Wildman–Crippen MR) is 203 cm³/mol. The molecule has 16 nitrogen and oxygen atoms in total. The van der Waals surface area contributed by atoms with Crippen molar-refractivity contribution in [1.82, 2.24) is 30.0 Å². The molecule has 4 aromatic heterocycles. The standard InChI is InChI=1S/C26H28FN5O4.C11H14BrN3O4/c1-15-25(16(2)36-31-15)18-11-21-26(28-12-18)32(13-24(33)29-19-8-9-35-14-19)23(30-21)7-5-17-4-6-22(34-3)20(27)10-17;1-11(2,3)19-9(16)6-14-10-8(15(17)18)4-7(12)5-13-10/h4,6,10-12,19H,5,7-9,13-14H2,1-3H3,(H,29,33);4-5H,6H2,1-3H3,(H,13,14). The number of halogens is 2. The van der Waals surface area contributed by atoms with Crippen molar-refractivity contribution in [2.24, 2.45) is 0 Å². The molecule has 1 saturated heterocycles. The summed E-state index contributed by atoms with van der Waals surface area (Å²) in [4.78, 5) is 48.0. The highest BCUT2D eigenvalue weighted by molar-refractivity contribution is 9.10. The summed E-state index contributed by atoms with van der Waals surface area (Å²) in [6.07, 6.45) is 5.00. The number of carbonyl (C=O) groups excluding carboxylic acids is 2. The van der Waals surface area contributed by atoms with Crippen molar-refractivity contribution >= 4 is 50.5 Å². The Kier molecular flexibility index (Phi) is 13.1. The number of hydrogen-bond acceptors (Lipinski definition) is 13. The first kappa shape index (κ1) is 40.7. The number of nitrogens with zero attached hydrogens (tertiary/aromatic N) is 6. The van der Waals surface area contributed by atoms with Crippen molar-refractivity contribution in [3.8, 4) is 16.9 Å². The summed E-state index contributed by atoms with van der Waals surface area (Å²) in [5, 5.41) is 20.5. The number of aromatic nitrogens is 5. The summed E-state index contributed by atoms with van der Waals surface area (Å²) in [6, 6.07) is 8.16. The highest BCUT2D eigenvalue weighted by atomic mass is 79.9. The van der Waals surface area contributed by atoms with Crippen LogP contribution < -0.4 is 15.4 Å². The smallest absolute Gasteiger partial charge is 0.325 e. The van der Waals surface area contributed by atoms with E-state index in [1.54, 1.807) is 33.0 Å². The Balaban J connectivity index is 0.000000259. The SMILES string of the molecule is CC(C)(C)OC(=O)CNc1ncc(Br)cc1[N+](=O)[O-].COc1ccc(CCc2nc3cc(-c4c(C)noc4C)cnc3n2CC(=O)NC2CCOC2)cc1F. The minimum absolute atomic E-state index is 0.0112. The molecule has 292 valence electrons. The minimum Gasteiger partial charge on any atom is -0.494 e. The van der Waals surface area contributed by atoms with Crippen LogP contribution in [0.15, 0.2) is 51.7 Å². The van der Waals surface area contributed by atoms with Gasteiger partial charge in [0, 0.05) is 47.1 Å². The molecule has 2 N–H and O–H groups in total. The van der Waals surface area contributed by atoms with Crippen LogP contribution in [-0.4, -0.2) is 80.0 Å². The van der Waals surface area contributed by atoms with Crippen molar-refractivity contribution in [3.05, 3.63) is 86.0 Å². The van der Waals surface area contributed by atoms with E-state index in [9.17, 15) is 24.1 Å². The van der Waals surface area contributed by atoms with E-state index < -0.39 is 22.3 Å². The Morgan fingerprint density at radius 1 is 1.15 bits per heavy atom. The van der Waals surface area contributed by atoms with Gasteiger partial charge in [0.25, 0.3) is 0 Å². The zero-order valence-electron chi connectivity index (χ0n) is 31.3. The number of pyridine rings is 2. The highest BCUT2D eigenvalue weighted by Crippen LogP contribution is 2.29. The van der Waals surface area contributed by atoms with Crippen LogP contribution in [0.25, 0.3) is 22.3 Å². The maximum atomic E-state index is 14.2. The van der Waals surface area contributed by atoms with Gasteiger partial charge in [-0.1, -0.05) is 11.2 Å². The van der Waals surface area contributed by atoms with Gasteiger partial charge in [-0.05, 0) is 87.2 Å². The van der Waals surface area contributed by atoms with Gasteiger partial charge in [-0.25, -0.2) is 19.3 Å². The molecule has 6 rings (SSSR count). The lowest BCUT2D eigenvalue weighted by atomic mass is 10.1. The minimum atomic E-state index is -0.599. The molecule has 18 heteroatoms. The van der Waals surface area contributed by atoms with E-state index in [2.05, 4.69) is 41.7 Å². The number of imidazole rings is 1. The van der Waals surface area contributed by atoms with Gasteiger partial charge in [0.2, 0.25) is 11.7 Å². The molecule has 1 fully saturated rings. The van der Waals surface area contributed by atoms with Crippen molar-refractivity contribution < 1.29 is 37.6 Å². The Bertz CT molecular complexity index is 2160. The fourth-order valence-corrected chi connectivity index (χ4v) is 6.19. The molecule has 1 amide bonds. The van der Waals surface area contributed by atoms with Crippen LogP contribution in [0, 0.1) is 29.8 Å². The number of ether oxygens (including phenoxy) is 3. The fraction of sp³-hybridized carbons (Fsp3) is 0.405. The summed E-state index contributed by atoms with van der Waals surface area (Å²) in [7, 11) is 1.44. The van der Waals surface area contributed by atoms with Gasteiger partial charge in [0.05, 0.1) is 30.4 Å². The number of fused-ring (bicyclic) bond motifs is 1. The molecule has 5 heterocycles. The number of amides is 1. The van der Waals surface area contributed by atoms with E-state index in [0.29, 0.717) is 53.3 Å². The normalized spacial score (nSPS) is 13.9. The number of carbonyl (C=O) groups is 2. The van der Waals surface area contributed by atoms with E-state index in [-0.39, 0.29) is 42.3 Å².